The molecule has 0 spiro atoms. The number of carboxylic acid groups (broad SMARTS) is 2. The zero-order chi connectivity index (χ0) is 9.30. The Balaban J connectivity index is 2.32. The van der Waals surface area contributed by atoms with Gasteiger partial charge >= 0.3 is 11.9 Å². The van der Waals surface area contributed by atoms with E-state index < -0.39 is 18.0 Å². The fraction of sp³-hybridized carbons (Fsp3) is 0.714. The number of carbonyl (C=O) groups is 2. The van der Waals surface area contributed by atoms with Crippen LogP contribution in [0.2, 0.25) is 0 Å². The predicted octanol–water partition coefficient (Wildman–Crippen LogP) is -0.491. The molecule has 5 nitrogen and oxygen atoms in total. The highest BCUT2D eigenvalue weighted by Gasteiger charge is 2.45. The van der Waals surface area contributed by atoms with E-state index in [2.05, 4.69) is 0 Å². The van der Waals surface area contributed by atoms with Crippen molar-refractivity contribution < 1.29 is 19.8 Å². The van der Waals surface area contributed by atoms with Gasteiger partial charge in [0.15, 0.2) is 0 Å². The molecule has 1 aliphatic carbocycles. The Morgan fingerprint density at radius 2 is 2.08 bits per heavy atom. The van der Waals surface area contributed by atoms with E-state index in [0.717, 1.165) is 0 Å². The number of carboxylic acids is 2. The third kappa shape index (κ3) is 1.94. The van der Waals surface area contributed by atoms with Gasteiger partial charge in [-0.25, -0.2) is 0 Å². The van der Waals surface area contributed by atoms with Crippen molar-refractivity contribution in [3.63, 3.8) is 0 Å². The fourth-order valence-electron chi connectivity index (χ4n) is 1.35. The number of hydrogen-bond donors (Lipinski definition) is 3. The summed E-state index contributed by atoms with van der Waals surface area (Å²) >= 11 is 0. The van der Waals surface area contributed by atoms with Crippen LogP contribution in [0.1, 0.15) is 12.8 Å². The Labute approximate surface area is 69.2 Å². The first-order valence-corrected chi connectivity index (χ1v) is 3.72. The summed E-state index contributed by atoms with van der Waals surface area (Å²) < 4.78 is 0. The summed E-state index contributed by atoms with van der Waals surface area (Å²) in [5.41, 5.74) is 5.30. The van der Waals surface area contributed by atoms with E-state index in [0.29, 0.717) is 6.42 Å². The van der Waals surface area contributed by atoms with Crippen LogP contribution in [0.4, 0.5) is 0 Å². The summed E-state index contributed by atoms with van der Waals surface area (Å²) in [6, 6.07) is -0.894. The average Bonchev–Trinajstić information content (AvgIpc) is 2.64. The number of hydrogen-bond acceptors (Lipinski definition) is 3. The molecule has 0 aliphatic heterocycles. The molecule has 0 amide bonds. The molecule has 4 N–H and O–H groups in total. The van der Waals surface area contributed by atoms with Gasteiger partial charge < -0.3 is 15.9 Å². The smallest absolute Gasteiger partial charge is 0.320 e. The SMILES string of the molecule is NC(C(=O)O)C1CC1CC(=O)O. The van der Waals surface area contributed by atoms with Crippen LogP contribution in [0, 0.1) is 11.8 Å². The van der Waals surface area contributed by atoms with Crippen LogP contribution in [0.15, 0.2) is 0 Å². The van der Waals surface area contributed by atoms with Crippen molar-refractivity contribution in [1.29, 1.82) is 0 Å². The molecule has 12 heavy (non-hydrogen) atoms. The van der Waals surface area contributed by atoms with Gasteiger partial charge in [-0.3, -0.25) is 9.59 Å². The van der Waals surface area contributed by atoms with Gasteiger partial charge in [-0.1, -0.05) is 0 Å². The van der Waals surface area contributed by atoms with Gasteiger partial charge in [0.1, 0.15) is 6.04 Å². The third-order valence-electron chi connectivity index (χ3n) is 2.16. The molecule has 0 saturated heterocycles. The zero-order valence-corrected chi connectivity index (χ0v) is 6.43. The first kappa shape index (κ1) is 8.99. The van der Waals surface area contributed by atoms with Gasteiger partial charge in [0.05, 0.1) is 0 Å². The molecule has 0 bridgehead atoms. The van der Waals surface area contributed by atoms with E-state index in [1.54, 1.807) is 0 Å². The molecule has 0 aromatic rings. The van der Waals surface area contributed by atoms with Crippen molar-refractivity contribution in [2.24, 2.45) is 17.6 Å². The molecule has 0 heterocycles. The Kier molecular flexibility index (Phi) is 2.32. The molecular weight excluding hydrogens is 162 g/mol. The van der Waals surface area contributed by atoms with Crippen molar-refractivity contribution in [3.8, 4) is 0 Å². The topological polar surface area (TPSA) is 101 Å². The quantitative estimate of drug-likeness (QED) is 0.532. The molecule has 1 aliphatic rings. The maximum Gasteiger partial charge on any atom is 0.320 e. The largest absolute Gasteiger partial charge is 0.481 e. The standard InChI is InChI=1S/C7H11NO4/c8-6(7(11)12)4-1-3(4)2-5(9)10/h3-4,6H,1-2,8H2,(H,9,10)(H,11,12). The monoisotopic (exact) mass is 173 g/mol. The van der Waals surface area contributed by atoms with Crippen LogP contribution >= 0.6 is 0 Å². The summed E-state index contributed by atoms with van der Waals surface area (Å²) in [4.78, 5) is 20.5. The Hall–Kier alpha value is -1.10. The van der Waals surface area contributed by atoms with Gasteiger partial charge in [0.25, 0.3) is 0 Å². The minimum atomic E-state index is -1.05. The van der Waals surface area contributed by atoms with E-state index >= 15 is 0 Å². The summed E-state index contributed by atoms with van der Waals surface area (Å²) in [6.45, 7) is 0. The van der Waals surface area contributed by atoms with E-state index in [4.69, 9.17) is 15.9 Å². The summed E-state index contributed by atoms with van der Waals surface area (Å²) in [5, 5.41) is 16.8. The molecule has 0 aromatic carbocycles. The number of nitrogens with two attached hydrogens (primary N) is 1. The lowest BCUT2D eigenvalue weighted by Crippen LogP contribution is -2.33. The first-order chi connectivity index (χ1) is 5.52. The van der Waals surface area contributed by atoms with Crippen molar-refractivity contribution in [2.75, 3.05) is 0 Å². The van der Waals surface area contributed by atoms with Crippen LogP contribution in [-0.2, 0) is 9.59 Å². The molecule has 0 aromatic heterocycles. The van der Waals surface area contributed by atoms with Gasteiger partial charge in [0.2, 0.25) is 0 Å². The van der Waals surface area contributed by atoms with Gasteiger partial charge in [-0.2, -0.15) is 0 Å². The molecule has 68 valence electrons. The normalized spacial score (nSPS) is 29.4. The van der Waals surface area contributed by atoms with E-state index in [1.807, 2.05) is 0 Å². The minimum absolute atomic E-state index is 0.0334. The Bertz CT molecular complexity index is 215. The molecule has 1 rings (SSSR count). The lowest BCUT2D eigenvalue weighted by atomic mass is 10.1. The van der Waals surface area contributed by atoms with E-state index in [-0.39, 0.29) is 18.3 Å². The Morgan fingerprint density at radius 1 is 1.50 bits per heavy atom. The van der Waals surface area contributed by atoms with Gasteiger partial charge in [-0.05, 0) is 18.3 Å². The number of aliphatic carboxylic acids is 2. The van der Waals surface area contributed by atoms with Crippen molar-refractivity contribution in [1.82, 2.24) is 0 Å². The fourth-order valence-corrected chi connectivity index (χ4v) is 1.35. The molecule has 3 atom stereocenters. The molecule has 0 radical (unpaired) electrons. The van der Waals surface area contributed by atoms with Crippen LogP contribution in [0.25, 0.3) is 0 Å². The van der Waals surface area contributed by atoms with Crippen molar-refractivity contribution in [3.05, 3.63) is 0 Å². The van der Waals surface area contributed by atoms with Crippen LogP contribution in [-0.4, -0.2) is 28.2 Å². The predicted molar refractivity (Wildman–Crippen MR) is 39.5 cm³/mol. The lowest BCUT2D eigenvalue weighted by Gasteiger charge is -2.03. The second-order valence-electron chi connectivity index (χ2n) is 3.12. The highest BCUT2D eigenvalue weighted by molar-refractivity contribution is 5.74. The highest BCUT2D eigenvalue weighted by atomic mass is 16.4. The van der Waals surface area contributed by atoms with Crippen LogP contribution < -0.4 is 5.73 Å². The average molecular weight is 173 g/mol. The van der Waals surface area contributed by atoms with Crippen molar-refractivity contribution in [2.45, 2.75) is 18.9 Å². The lowest BCUT2D eigenvalue weighted by molar-refractivity contribution is -0.140. The maximum atomic E-state index is 10.3. The highest BCUT2D eigenvalue weighted by Crippen LogP contribution is 2.43. The molecule has 1 saturated carbocycles. The van der Waals surface area contributed by atoms with E-state index in [1.165, 1.54) is 0 Å². The molecule has 3 unspecified atom stereocenters. The maximum absolute atomic E-state index is 10.3. The summed E-state index contributed by atoms with van der Waals surface area (Å²) in [6.07, 6.45) is 0.658. The second-order valence-corrected chi connectivity index (χ2v) is 3.12. The van der Waals surface area contributed by atoms with Crippen LogP contribution in [0.3, 0.4) is 0 Å². The van der Waals surface area contributed by atoms with Crippen molar-refractivity contribution >= 4 is 11.9 Å². The molecule has 5 heteroatoms. The second kappa shape index (κ2) is 3.10. The third-order valence-corrected chi connectivity index (χ3v) is 2.16. The number of rotatable bonds is 4. The summed E-state index contributed by atoms with van der Waals surface area (Å²) in [7, 11) is 0. The molecule has 1 fully saturated rings. The zero-order valence-electron chi connectivity index (χ0n) is 6.43. The van der Waals surface area contributed by atoms with E-state index in [9.17, 15) is 9.59 Å². The Morgan fingerprint density at radius 3 is 2.50 bits per heavy atom. The first-order valence-electron chi connectivity index (χ1n) is 3.72. The van der Waals surface area contributed by atoms with Gasteiger partial charge in [-0.15, -0.1) is 0 Å². The molecular formula is C7H11NO4. The summed E-state index contributed by atoms with van der Waals surface area (Å²) in [5.74, 6) is -2.11. The van der Waals surface area contributed by atoms with Crippen LogP contribution in [0.5, 0.6) is 0 Å². The minimum Gasteiger partial charge on any atom is -0.481 e. The van der Waals surface area contributed by atoms with Gasteiger partial charge in [0, 0.05) is 6.42 Å².